The van der Waals surface area contributed by atoms with Gasteiger partial charge in [0.05, 0.1) is 22.7 Å². The molecule has 0 aliphatic rings. The van der Waals surface area contributed by atoms with E-state index >= 15 is 0 Å². The van der Waals surface area contributed by atoms with E-state index in [-0.39, 0.29) is 16.6 Å². The molecule has 0 aliphatic carbocycles. The maximum Gasteiger partial charge on any atom is 0.573 e. The van der Waals surface area contributed by atoms with Crippen molar-refractivity contribution in [3.8, 4) is 5.75 Å². The first kappa shape index (κ1) is 29.3. The average Bonchev–Trinajstić information content (AvgIpc) is 2.90. The van der Waals surface area contributed by atoms with Crippen LogP contribution < -0.4 is 15.4 Å². The van der Waals surface area contributed by atoms with Crippen LogP contribution in [0.4, 0.5) is 19.0 Å². The summed E-state index contributed by atoms with van der Waals surface area (Å²) < 4.78 is 46.8. The van der Waals surface area contributed by atoms with Gasteiger partial charge in [-0.25, -0.2) is 9.78 Å². The van der Waals surface area contributed by atoms with Crippen LogP contribution in [-0.2, 0) is 11.3 Å². The third-order valence-electron chi connectivity index (χ3n) is 6.04. The number of halogens is 4. The number of ether oxygens (including phenoxy) is 2. The molecule has 1 atom stereocenters. The smallest absolute Gasteiger partial charge is 0.478 e. The second kappa shape index (κ2) is 13.1. The van der Waals surface area contributed by atoms with Crippen LogP contribution in [0.25, 0.3) is 21.7 Å². The predicted molar refractivity (Wildman–Crippen MR) is 147 cm³/mol. The summed E-state index contributed by atoms with van der Waals surface area (Å²) in [6, 6.07) is 10.9. The van der Waals surface area contributed by atoms with Crippen LogP contribution in [0, 0.1) is 0 Å². The first-order valence-corrected chi connectivity index (χ1v) is 13.0. The molecule has 3 N–H and O–H groups in total. The summed E-state index contributed by atoms with van der Waals surface area (Å²) in [4.78, 5) is 20.3. The number of aromatic nitrogens is 2. The highest BCUT2D eigenvalue weighted by molar-refractivity contribution is 6.32. The minimum atomic E-state index is -4.79. The zero-order chi connectivity index (χ0) is 28.7. The molecule has 0 fully saturated rings. The molecule has 4 aromatic rings. The summed E-state index contributed by atoms with van der Waals surface area (Å²) in [5, 5.41) is 18.4. The van der Waals surface area contributed by atoms with E-state index in [1.165, 1.54) is 18.2 Å². The molecule has 0 amide bonds. The van der Waals surface area contributed by atoms with Crippen LogP contribution in [0.1, 0.15) is 35.7 Å². The highest BCUT2D eigenvalue weighted by Gasteiger charge is 2.32. The van der Waals surface area contributed by atoms with E-state index in [2.05, 4.69) is 25.3 Å². The van der Waals surface area contributed by atoms with Gasteiger partial charge in [0.15, 0.2) is 0 Å². The number of fused-ring (bicyclic) bond motifs is 3. The van der Waals surface area contributed by atoms with Gasteiger partial charge >= 0.3 is 12.3 Å². The first-order chi connectivity index (χ1) is 19.1. The van der Waals surface area contributed by atoms with Gasteiger partial charge in [0, 0.05) is 47.7 Å². The highest BCUT2D eigenvalue weighted by Crippen LogP contribution is 2.31. The number of alkyl halides is 3. The molecule has 12 heteroatoms. The van der Waals surface area contributed by atoms with Crippen molar-refractivity contribution in [2.75, 3.05) is 25.1 Å². The summed E-state index contributed by atoms with van der Waals surface area (Å²) in [6.45, 7) is 4.14. The Morgan fingerprint density at radius 3 is 2.67 bits per heavy atom. The highest BCUT2D eigenvalue weighted by atomic mass is 35.5. The largest absolute Gasteiger partial charge is 0.573 e. The van der Waals surface area contributed by atoms with Crippen LogP contribution in [0.5, 0.6) is 5.75 Å². The van der Waals surface area contributed by atoms with Gasteiger partial charge in [-0.3, -0.25) is 4.98 Å². The Bertz CT molecular complexity index is 1490. The number of pyridine rings is 2. The molecule has 2 aromatic carbocycles. The maximum atomic E-state index is 12.4. The lowest BCUT2D eigenvalue weighted by atomic mass is 10.1. The number of carboxylic acid groups (broad SMARTS) is 1. The van der Waals surface area contributed by atoms with Crippen molar-refractivity contribution >= 4 is 45.1 Å². The first-order valence-electron chi connectivity index (χ1n) is 12.6. The second-order valence-electron chi connectivity index (χ2n) is 9.24. The molecule has 4 rings (SSSR count). The van der Waals surface area contributed by atoms with E-state index in [1.807, 2.05) is 13.0 Å². The number of aromatic carboxylic acids is 1. The number of hydrogen-bond acceptors (Lipinski definition) is 7. The number of carbonyl (C=O) groups is 1. The molecule has 2 heterocycles. The molecule has 0 bridgehead atoms. The van der Waals surface area contributed by atoms with Crippen molar-refractivity contribution in [2.24, 2.45) is 0 Å². The van der Waals surface area contributed by atoms with Gasteiger partial charge in [0.1, 0.15) is 11.6 Å². The molecule has 0 saturated carbocycles. The molecular formula is C28H28ClF3N4O4. The number of carboxylic acids is 1. The fourth-order valence-electron chi connectivity index (χ4n) is 4.17. The predicted octanol–water partition coefficient (Wildman–Crippen LogP) is 6.42. The van der Waals surface area contributed by atoms with Crippen molar-refractivity contribution in [2.45, 2.75) is 38.7 Å². The van der Waals surface area contributed by atoms with Crippen LogP contribution in [-0.4, -0.2) is 53.2 Å². The van der Waals surface area contributed by atoms with Gasteiger partial charge < -0.3 is 25.2 Å². The third kappa shape index (κ3) is 7.93. The SMILES string of the molecule is C[C@@H](COCCCCNCc1ccc(OC(F)(F)F)c(Cl)c1)Nc1nc2cc(C(=O)O)ccc2c2cnccc12. The Hall–Kier alpha value is -3.67. The Labute approximate surface area is 233 Å². The van der Waals surface area contributed by atoms with Crippen molar-refractivity contribution < 1.29 is 32.5 Å². The van der Waals surface area contributed by atoms with E-state index in [1.54, 1.807) is 30.6 Å². The van der Waals surface area contributed by atoms with Gasteiger partial charge in [-0.1, -0.05) is 23.7 Å². The van der Waals surface area contributed by atoms with Crippen LogP contribution in [0.3, 0.4) is 0 Å². The molecule has 0 spiro atoms. The number of anilines is 1. The number of rotatable bonds is 13. The molecule has 40 heavy (non-hydrogen) atoms. The summed E-state index contributed by atoms with van der Waals surface area (Å²) in [6.07, 6.45) is 0.312. The number of benzene rings is 2. The fourth-order valence-corrected chi connectivity index (χ4v) is 4.42. The van der Waals surface area contributed by atoms with Crippen LogP contribution in [0.2, 0.25) is 5.02 Å². The van der Waals surface area contributed by atoms with Crippen molar-refractivity contribution in [3.05, 3.63) is 71.0 Å². The number of unbranched alkanes of at least 4 members (excludes halogenated alkanes) is 1. The molecule has 0 aliphatic heterocycles. The van der Waals surface area contributed by atoms with Crippen molar-refractivity contribution in [3.63, 3.8) is 0 Å². The zero-order valence-electron chi connectivity index (χ0n) is 21.6. The van der Waals surface area contributed by atoms with Gasteiger partial charge in [-0.15, -0.1) is 13.2 Å². The van der Waals surface area contributed by atoms with Gasteiger partial charge in [0.2, 0.25) is 0 Å². The number of hydrogen-bond donors (Lipinski definition) is 3. The maximum absolute atomic E-state index is 12.4. The molecule has 8 nitrogen and oxygen atoms in total. The normalized spacial score (nSPS) is 12.5. The van der Waals surface area contributed by atoms with Crippen molar-refractivity contribution in [1.29, 1.82) is 0 Å². The number of nitrogens with one attached hydrogen (secondary N) is 2. The lowest BCUT2D eigenvalue weighted by Gasteiger charge is -2.17. The summed E-state index contributed by atoms with van der Waals surface area (Å²) in [5.41, 5.74) is 1.48. The quantitative estimate of drug-likeness (QED) is 0.124. The van der Waals surface area contributed by atoms with E-state index < -0.39 is 18.1 Å². The van der Waals surface area contributed by atoms with E-state index in [0.29, 0.717) is 37.6 Å². The Kier molecular flexibility index (Phi) is 9.62. The molecule has 212 valence electrons. The Morgan fingerprint density at radius 1 is 1.10 bits per heavy atom. The molecule has 0 radical (unpaired) electrons. The Morgan fingerprint density at radius 2 is 1.93 bits per heavy atom. The summed E-state index contributed by atoms with van der Waals surface area (Å²) in [7, 11) is 0. The topological polar surface area (TPSA) is 106 Å². The van der Waals surface area contributed by atoms with E-state index in [4.69, 9.17) is 16.3 Å². The van der Waals surface area contributed by atoms with Crippen molar-refractivity contribution in [1.82, 2.24) is 15.3 Å². The van der Waals surface area contributed by atoms with Gasteiger partial charge in [-0.2, -0.15) is 0 Å². The summed E-state index contributed by atoms with van der Waals surface area (Å²) >= 11 is 5.88. The van der Waals surface area contributed by atoms with Crippen LogP contribution >= 0.6 is 11.6 Å². The average molecular weight is 577 g/mol. The minimum Gasteiger partial charge on any atom is -0.478 e. The van der Waals surface area contributed by atoms with E-state index in [0.717, 1.165) is 34.6 Å². The molecule has 0 unspecified atom stereocenters. The standard InChI is InChI=1S/C28H28ClF3N4O4/c1-17(16-39-11-3-2-9-33-14-18-4-7-25(23(29)12-18)40-28(30,31)32)35-26-21-8-10-34-15-22(21)20-6-5-19(27(37)38)13-24(20)36-26/h4-8,10,12-13,15,17,33H,2-3,9,11,14,16H2,1H3,(H,35,36)(H,37,38)/t17-/m0/s1. The Balaban J connectivity index is 1.20. The van der Waals surface area contributed by atoms with Gasteiger partial charge in [-0.05, 0) is 62.2 Å². The molecule has 2 aromatic heterocycles. The zero-order valence-corrected chi connectivity index (χ0v) is 22.4. The lowest BCUT2D eigenvalue weighted by molar-refractivity contribution is -0.274. The third-order valence-corrected chi connectivity index (χ3v) is 6.33. The second-order valence-corrected chi connectivity index (χ2v) is 9.64. The summed E-state index contributed by atoms with van der Waals surface area (Å²) in [5.74, 6) is -0.807. The molecular weight excluding hydrogens is 549 g/mol. The fraction of sp³-hybridized carbons (Fsp3) is 0.321. The monoisotopic (exact) mass is 576 g/mol. The minimum absolute atomic E-state index is 0.0591. The molecule has 0 saturated heterocycles. The van der Waals surface area contributed by atoms with Gasteiger partial charge in [0.25, 0.3) is 0 Å². The van der Waals surface area contributed by atoms with E-state index in [9.17, 15) is 23.1 Å². The lowest BCUT2D eigenvalue weighted by Crippen LogP contribution is -2.23. The number of nitrogens with zero attached hydrogens (tertiary/aromatic N) is 2. The van der Waals surface area contributed by atoms with Crippen LogP contribution in [0.15, 0.2) is 54.9 Å².